The summed E-state index contributed by atoms with van der Waals surface area (Å²) in [4.78, 5) is 7.32. The highest BCUT2D eigenvalue weighted by molar-refractivity contribution is 14.0. The van der Waals surface area contributed by atoms with Crippen LogP contribution in [0, 0.1) is 0 Å². The van der Waals surface area contributed by atoms with Gasteiger partial charge in [0.05, 0.1) is 24.5 Å². The number of hydrogen-bond donors (Lipinski definition) is 2. The molecule has 1 unspecified atom stereocenters. The van der Waals surface area contributed by atoms with E-state index in [1.165, 1.54) is 12.8 Å². The zero-order chi connectivity index (χ0) is 19.0. The summed E-state index contributed by atoms with van der Waals surface area (Å²) in [5.74, 6) is 1.84. The number of furan rings is 1. The molecule has 0 aliphatic carbocycles. The van der Waals surface area contributed by atoms with Gasteiger partial charge in [0.1, 0.15) is 5.76 Å². The van der Waals surface area contributed by atoms with Crippen molar-refractivity contribution in [3.8, 4) is 0 Å². The zero-order valence-electron chi connectivity index (χ0n) is 17.1. The minimum absolute atomic E-state index is 0. The highest BCUT2D eigenvalue weighted by Crippen LogP contribution is 2.26. The average molecular weight is 506 g/mol. The number of methoxy groups -OCH3 is 1. The third-order valence-electron chi connectivity index (χ3n) is 5.62. The Hall–Kier alpha value is -0.840. The van der Waals surface area contributed by atoms with Crippen LogP contribution < -0.4 is 10.6 Å². The van der Waals surface area contributed by atoms with Crippen LogP contribution >= 0.6 is 24.0 Å². The molecular weight excluding hydrogens is 471 g/mol. The molecule has 0 spiro atoms. The van der Waals surface area contributed by atoms with Crippen molar-refractivity contribution in [3.05, 3.63) is 24.2 Å². The van der Waals surface area contributed by atoms with Crippen LogP contribution in [0.15, 0.2) is 27.8 Å². The quantitative estimate of drug-likeness (QED) is 0.321. The molecule has 160 valence electrons. The van der Waals surface area contributed by atoms with Crippen LogP contribution in [0.2, 0.25) is 0 Å². The van der Waals surface area contributed by atoms with E-state index in [4.69, 9.17) is 18.9 Å². The Bertz CT molecular complexity index is 570. The maximum Gasteiger partial charge on any atom is 0.191 e. The smallest absolute Gasteiger partial charge is 0.191 e. The molecule has 2 aliphatic rings. The van der Waals surface area contributed by atoms with Gasteiger partial charge in [-0.15, -0.1) is 24.0 Å². The molecule has 3 heterocycles. The van der Waals surface area contributed by atoms with E-state index < -0.39 is 0 Å². The lowest BCUT2D eigenvalue weighted by Gasteiger charge is -2.34. The molecule has 0 bridgehead atoms. The van der Waals surface area contributed by atoms with Gasteiger partial charge in [0.15, 0.2) is 5.96 Å². The first-order valence-corrected chi connectivity index (χ1v) is 10.2. The second-order valence-electron chi connectivity index (χ2n) is 7.35. The zero-order valence-corrected chi connectivity index (χ0v) is 19.4. The van der Waals surface area contributed by atoms with Crippen LogP contribution in [0.5, 0.6) is 0 Å². The lowest BCUT2D eigenvalue weighted by molar-refractivity contribution is -0.0828. The minimum atomic E-state index is -0.212. The van der Waals surface area contributed by atoms with Gasteiger partial charge in [0.2, 0.25) is 0 Å². The van der Waals surface area contributed by atoms with Crippen molar-refractivity contribution in [2.24, 2.45) is 4.99 Å². The number of hydrogen-bond acceptors (Lipinski definition) is 5. The molecule has 28 heavy (non-hydrogen) atoms. The molecule has 8 heteroatoms. The Balaban J connectivity index is 0.00000280. The lowest BCUT2D eigenvalue weighted by Crippen LogP contribution is -2.45. The number of ether oxygens (including phenoxy) is 2. The Morgan fingerprint density at radius 2 is 2.04 bits per heavy atom. The molecular formula is C20H35IN4O3. The molecule has 2 N–H and O–H groups in total. The molecule has 3 rings (SSSR count). The molecule has 0 aromatic carbocycles. The van der Waals surface area contributed by atoms with Crippen LogP contribution in [-0.4, -0.2) is 69.5 Å². The number of rotatable bonds is 8. The predicted molar refractivity (Wildman–Crippen MR) is 121 cm³/mol. The summed E-state index contributed by atoms with van der Waals surface area (Å²) in [6.07, 6.45) is 6.03. The van der Waals surface area contributed by atoms with E-state index in [2.05, 4.69) is 28.5 Å². The van der Waals surface area contributed by atoms with Crippen LogP contribution in [0.25, 0.3) is 0 Å². The standard InChI is InChI=1S/C20H34N4O3.HI/c1-3-21-19(23-16-20(25-2)8-13-26-14-9-20)22-15-17(18-7-6-12-27-18)24-10-4-5-11-24;/h6-7,12,17H,3-5,8-11,13-16H2,1-2H3,(H2,21,22,23);1H. The normalized spacial score (nSPS) is 21.1. The molecule has 0 amide bonds. The molecule has 0 radical (unpaired) electrons. The third-order valence-corrected chi connectivity index (χ3v) is 5.62. The Kier molecular flexibility index (Phi) is 10.0. The maximum atomic E-state index is 5.81. The van der Waals surface area contributed by atoms with Crippen LogP contribution in [0.1, 0.15) is 44.4 Å². The van der Waals surface area contributed by atoms with Crippen molar-refractivity contribution in [1.29, 1.82) is 0 Å². The van der Waals surface area contributed by atoms with Crippen molar-refractivity contribution in [3.63, 3.8) is 0 Å². The van der Waals surface area contributed by atoms with Gasteiger partial charge in [-0.1, -0.05) is 0 Å². The number of guanidine groups is 1. The predicted octanol–water partition coefficient (Wildman–Crippen LogP) is 2.79. The highest BCUT2D eigenvalue weighted by atomic mass is 127. The first-order valence-electron chi connectivity index (χ1n) is 10.2. The van der Waals surface area contributed by atoms with Gasteiger partial charge in [-0.2, -0.15) is 0 Å². The molecule has 0 saturated carbocycles. The van der Waals surface area contributed by atoms with Crippen molar-refractivity contribution < 1.29 is 13.9 Å². The van der Waals surface area contributed by atoms with Crippen molar-refractivity contribution in [2.45, 2.75) is 44.2 Å². The highest BCUT2D eigenvalue weighted by Gasteiger charge is 2.32. The average Bonchev–Trinajstić information content (AvgIpc) is 3.42. The number of nitrogens with one attached hydrogen (secondary N) is 2. The summed E-state index contributed by atoms with van der Waals surface area (Å²) in [5, 5.41) is 6.87. The van der Waals surface area contributed by atoms with Gasteiger partial charge in [-0.3, -0.25) is 9.89 Å². The number of nitrogens with zero attached hydrogens (tertiary/aromatic N) is 2. The third kappa shape index (κ3) is 6.33. The second kappa shape index (κ2) is 12.0. The monoisotopic (exact) mass is 506 g/mol. The summed E-state index contributed by atoms with van der Waals surface area (Å²) in [6, 6.07) is 4.26. The molecule has 2 aliphatic heterocycles. The molecule has 7 nitrogen and oxygen atoms in total. The van der Waals surface area contributed by atoms with Crippen molar-refractivity contribution >= 4 is 29.9 Å². The van der Waals surface area contributed by atoms with E-state index in [1.54, 1.807) is 13.4 Å². The van der Waals surface area contributed by atoms with Crippen LogP contribution in [0.4, 0.5) is 0 Å². The van der Waals surface area contributed by atoms with Gasteiger partial charge in [0.25, 0.3) is 0 Å². The fourth-order valence-electron chi connectivity index (χ4n) is 3.87. The maximum absolute atomic E-state index is 5.81. The Labute approximate surface area is 185 Å². The summed E-state index contributed by atoms with van der Waals surface area (Å²) < 4.78 is 17.0. The van der Waals surface area contributed by atoms with Crippen molar-refractivity contribution in [2.75, 3.05) is 53.0 Å². The summed E-state index contributed by atoms with van der Waals surface area (Å²) >= 11 is 0. The molecule has 2 fully saturated rings. The van der Waals surface area contributed by atoms with Crippen LogP contribution in [0.3, 0.4) is 0 Å². The SMILES string of the molecule is CCNC(=NCC1(OC)CCOCC1)NCC(c1ccco1)N1CCCC1.I. The van der Waals surface area contributed by atoms with Crippen LogP contribution in [-0.2, 0) is 9.47 Å². The lowest BCUT2D eigenvalue weighted by atomic mass is 9.94. The summed E-state index contributed by atoms with van der Waals surface area (Å²) in [7, 11) is 1.78. The fraction of sp³-hybridized carbons (Fsp3) is 0.750. The molecule has 1 aromatic heterocycles. The first kappa shape index (κ1) is 23.4. The summed E-state index contributed by atoms with van der Waals surface area (Å²) in [6.45, 7) is 8.03. The van der Waals surface area contributed by atoms with Gasteiger partial charge >= 0.3 is 0 Å². The van der Waals surface area contributed by atoms with Gasteiger partial charge in [-0.05, 0) is 45.0 Å². The van der Waals surface area contributed by atoms with E-state index in [1.807, 2.05) is 6.07 Å². The molecule has 1 aromatic rings. The minimum Gasteiger partial charge on any atom is -0.468 e. The van der Waals surface area contributed by atoms with E-state index >= 15 is 0 Å². The van der Waals surface area contributed by atoms with Gasteiger partial charge in [0, 0.05) is 46.3 Å². The van der Waals surface area contributed by atoms with E-state index in [9.17, 15) is 0 Å². The Morgan fingerprint density at radius 1 is 1.29 bits per heavy atom. The van der Waals surface area contributed by atoms with Gasteiger partial charge in [-0.25, -0.2) is 0 Å². The summed E-state index contributed by atoms with van der Waals surface area (Å²) in [5.41, 5.74) is -0.212. The number of likely N-dealkylation sites (tertiary alicyclic amines) is 1. The topological polar surface area (TPSA) is 71.3 Å². The fourth-order valence-corrected chi connectivity index (χ4v) is 3.87. The van der Waals surface area contributed by atoms with E-state index in [0.717, 1.165) is 64.0 Å². The Morgan fingerprint density at radius 3 is 2.64 bits per heavy atom. The first-order chi connectivity index (χ1) is 13.3. The van der Waals surface area contributed by atoms with E-state index in [-0.39, 0.29) is 35.6 Å². The number of aliphatic imine (C=N–C) groups is 1. The van der Waals surface area contributed by atoms with E-state index in [0.29, 0.717) is 6.54 Å². The van der Waals surface area contributed by atoms with Gasteiger partial charge < -0.3 is 24.5 Å². The molecule has 2 saturated heterocycles. The largest absolute Gasteiger partial charge is 0.468 e. The molecule has 1 atom stereocenters. The van der Waals surface area contributed by atoms with Crippen molar-refractivity contribution in [1.82, 2.24) is 15.5 Å². The second-order valence-corrected chi connectivity index (χ2v) is 7.35. The number of halogens is 1.